The van der Waals surface area contributed by atoms with Crippen LogP contribution in [-0.4, -0.2) is 32.9 Å². The molecular weight excluding hydrogens is 308 g/mol. The Hall–Kier alpha value is -2.82. The molecular formula is C19H20O5. The predicted molar refractivity (Wildman–Crippen MR) is 90.4 cm³/mol. The van der Waals surface area contributed by atoms with Gasteiger partial charge >= 0.3 is 0 Å². The van der Waals surface area contributed by atoms with Crippen molar-refractivity contribution < 1.29 is 23.8 Å². The summed E-state index contributed by atoms with van der Waals surface area (Å²) in [5, 5.41) is 0. The molecule has 0 aliphatic rings. The van der Waals surface area contributed by atoms with Gasteiger partial charge in [0, 0.05) is 24.0 Å². The van der Waals surface area contributed by atoms with Crippen LogP contribution in [0.5, 0.6) is 17.2 Å². The van der Waals surface area contributed by atoms with E-state index < -0.39 is 0 Å². The summed E-state index contributed by atoms with van der Waals surface area (Å²) in [4.78, 5) is 24.4. The fourth-order valence-electron chi connectivity index (χ4n) is 2.30. The Morgan fingerprint density at radius 2 is 1.25 bits per heavy atom. The molecule has 0 heterocycles. The Morgan fingerprint density at radius 1 is 0.708 bits per heavy atom. The Balaban J connectivity index is 2.00. The van der Waals surface area contributed by atoms with E-state index in [0.29, 0.717) is 28.4 Å². The number of methoxy groups -OCH3 is 3. The lowest BCUT2D eigenvalue weighted by atomic mass is 10.0. The largest absolute Gasteiger partial charge is 0.497 e. The first-order valence-electron chi connectivity index (χ1n) is 7.51. The SMILES string of the molecule is COc1ccc(C(=O)CCC(=O)c2ccc(OC)c(OC)c2)cc1. The van der Waals surface area contributed by atoms with Crippen molar-refractivity contribution in [1.29, 1.82) is 0 Å². The smallest absolute Gasteiger partial charge is 0.163 e. The van der Waals surface area contributed by atoms with Crippen molar-refractivity contribution in [3.63, 3.8) is 0 Å². The highest BCUT2D eigenvalue weighted by atomic mass is 16.5. The van der Waals surface area contributed by atoms with E-state index in [-0.39, 0.29) is 24.4 Å². The van der Waals surface area contributed by atoms with E-state index in [1.807, 2.05) is 0 Å². The van der Waals surface area contributed by atoms with Gasteiger partial charge in [0.25, 0.3) is 0 Å². The third-order valence-electron chi connectivity index (χ3n) is 3.70. The van der Waals surface area contributed by atoms with E-state index in [4.69, 9.17) is 14.2 Å². The summed E-state index contributed by atoms with van der Waals surface area (Å²) >= 11 is 0. The number of Topliss-reactive ketones (excluding diaryl/α,β-unsaturated/α-hetero) is 2. The molecule has 5 heteroatoms. The lowest BCUT2D eigenvalue weighted by Gasteiger charge is -2.09. The van der Waals surface area contributed by atoms with Crippen LogP contribution in [0.3, 0.4) is 0 Å². The van der Waals surface area contributed by atoms with Crippen molar-refractivity contribution in [2.75, 3.05) is 21.3 Å². The number of ether oxygens (including phenoxy) is 3. The standard InChI is InChI=1S/C19H20O5/c1-22-15-7-4-13(5-8-15)16(20)9-10-17(21)14-6-11-18(23-2)19(12-14)24-3/h4-8,11-12H,9-10H2,1-3H3. The van der Waals surface area contributed by atoms with Crippen LogP contribution in [0.25, 0.3) is 0 Å². The van der Waals surface area contributed by atoms with Gasteiger partial charge in [0.05, 0.1) is 21.3 Å². The van der Waals surface area contributed by atoms with E-state index in [1.165, 1.54) is 14.2 Å². The fourth-order valence-corrected chi connectivity index (χ4v) is 2.30. The zero-order valence-electron chi connectivity index (χ0n) is 14.0. The van der Waals surface area contributed by atoms with Crippen LogP contribution in [0.2, 0.25) is 0 Å². The molecule has 24 heavy (non-hydrogen) atoms. The van der Waals surface area contributed by atoms with Gasteiger partial charge in [0.2, 0.25) is 0 Å². The number of hydrogen-bond acceptors (Lipinski definition) is 5. The molecule has 0 unspecified atom stereocenters. The zero-order valence-corrected chi connectivity index (χ0v) is 14.0. The van der Waals surface area contributed by atoms with E-state index in [0.717, 1.165) is 0 Å². The molecule has 2 aromatic rings. The summed E-state index contributed by atoms with van der Waals surface area (Å²) in [6.45, 7) is 0. The first-order valence-corrected chi connectivity index (χ1v) is 7.51. The molecule has 0 radical (unpaired) electrons. The van der Waals surface area contributed by atoms with Crippen LogP contribution in [0.4, 0.5) is 0 Å². The summed E-state index contributed by atoms with van der Waals surface area (Å²) in [5.74, 6) is 1.55. The van der Waals surface area contributed by atoms with Crippen LogP contribution >= 0.6 is 0 Å². The van der Waals surface area contributed by atoms with Gasteiger partial charge in [0.15, 0.2) is 23.1 Å². The average molecular weight is 328 g/mol. The fraction of sp³-hybridized carbons (Fsp3) is 0.263. The monoisotopic (exact) mass is 328 g/mol. The Bertz CT molecular complexity index is 719. The Labute approximate surface area is 141 Å². The summed E-state index contributed by atoms with van der Waals surface area (Å²) in [6, 6.07) is 11.8. The second-order valence-corrected chi connectivity index (χ2v) is 5.14. The van der Waals surface area contributed by atoms with Crippen LogP contribution in [0.1, 0.15) is 33.6 Å². The van der Waals surface area contributed by atoms with E-state index in [1.54, 1.807) is 49.6 Å². The first-order chi connectivity index (χ1) is 11.6. The minimum Gasteiger partial charge on any atom is -0.497 e. The molecule has 0 saturated carbocycles. The Kier molecular flexibility index (Phi) is 5.95. The van der Waals surface area contributed by atoms with E-state index in [2.05, 4.69) is 0 Å². The Morgan fingerprint density at radius 3 is 1.79 bits per heavy atom. The number of hydrogen-bond donors (Lipinski definition) is 0. The molecule has 0 aliphatic carbocycles. The molecule has 0 spiro atoms. The van der Waals surface area contributed by atoms with E-state index >= 15 is 0 Å². The van der Waals surface area contributed by atoms with Crippen LogP contribution in [0.15, 0.2) is 42.5 Å². The third kappa shape index (κ3) is 4.13. The van der Waals surface area contributed by atoms with Gasteiger partial charge in [-0.25, -0.2) is 0 Å². The van der Waals surface area contributed by atoms with Crippen molar-refractivity contribution in [3.8, 4) is 17.2 Å². The average Bonchev–Trinajstić information content (AvgIpc) is 2.65. The maximum absolute atomic E-state index is 12.3. The minimum absolute atomic E-state index is 0.0773. The van der Waals surface area contributed by atoms with Crippen molar-refractivity contribution in [2.24, 2.45) is 0 Å². The van der Waals surface area contributed by atoms with Crippen molar-refractivity contribution in [3.05, 3.63) is 53.6 Å². The molecule has 0 saturated heterocycles. The molecule has 0 bridgehead atoms. The maximum Gasteiger partial charge on any atom is 0.163 e. The van der Waals surface area contributed by atoms with Gasteiger partial charge in [-0.15, -0.1) is 0 Å². The van der Waals surface area contributed by atoms with Crippen molar-refractivity contribution in [1.82, 2.24) is 0 Å². The van der Waals surface area contributed by atoms with Crippen molar-refractivity contribution >= 4 is 11.6 Å². The van der Waals surface area contributed by atoms with Gasteiger partial charge in [-0.1, -0.05) is 0 Å². The van der Waals surface area contributed by atoms with Crippen LogP contribution < -0.4 is 14.2 Å². The molecule has 0 amide bonds. The summed E-state index contributed by atoms with van der Waals surface area (Å²) in [6.07, 6.45) is 0.292. The van der Waals surface area contributed by atoms with Gasteiger partial charge < -0.3 is 14.2 Å². The number of ketones is 2. The summed E-state index contributed by atoms with van der Waals surface area (Å²) in [5.41, 5.74) is 1.06. The third-order valence-corrected chi connectivity index (χ3v) is 3.70. The van der Waals surface area contributed by atoms with Gasteiger partial charge in [0.1, 0.15) is 5.75 Å². The number of carbonyl (C=O) groups is 2. The lowest BCUT2D eigenvalue weighted by molar-refractivity contribution is 0.0917. The second-order valence-electron chi connectivity index (χ2n) is 5.14. The molecule has 126 valence electrons. The maximum atomic E-state index is 12.3. The number of benzene rings is 2. The predicted octanol–water partition coefficient (Wildman–Crippen LogP) is 3.56. The molecule has 0 aliphatic heterocycles. The topological polar surface area (TPSA) is 61.8 Å². The summed E-state index contributed by atoms with van der Waals surface area (Å²) < 4.78 is 15.4. The van der Waals surface area contributed by atoms with Crippen LogP contribution in [0, 0.1) is 0 Å². The van der Waals surface area contributed by atoms with Crippen LogP contribution in [-0.2, 0) is 0 Å². The molecule has 0 aromatic heterocycles. The highest BCUT2D eigenvalue weighted by molar-refractivity contribution is 6.02. The number of rotatable bonds is 8. The highest BCUT2D eigenvalue weighted by Gasteiger charge is 2.13. The normalized spacial score (nSPS) is 10.1. The molecule has 5 nitrogen and oxygen atoms in total. The zero-order chi connectivity index (χ0) is 17.5. The molecule has 0 N–H and O–H groups in total. The molecule has 0 atom stereocenters. The molecule has 2 rings (SSSR count). The lowest BCUT2D eigenvalue weighted by Crippen LogP contribution is -2.06. The van der Waals surface area contributed by atoms with Gasteiger partial charge in [-0.05, 0) is 42.5 Å². The highest BCUT2D eigenvalue weighted by Crippen LogP contribution is 2.28. The molecule has 0 fully saturated rings. The minimum atomic E-state index is -0.113. The van der Waals surface area contributed by atoms with Gasteiger partial charge in [-0.2, -0.15) is 0 Å². The molecule has 2 aromatic carbocycles. The van der Waals surface area contributed by atoms with Gasteiger partial charge in [-0.3, -0.25) is 9.59 Å². The first kappa shape index (κ1) is 17.5. The number of carbonyl (C=O) groups excluding carboxylic acids is 2. The van der Waals surface area contributed by atoms with Crippen molar-refractivity contribution in [2.45, 2.75) is 12.8 Å². The second kappa shape index (κ2) is 8.15. The quantitative estimate of drug-likeness (QED) is 0.693. The summed E-state index contributed by atoms with van der Waals surface area (Å²) in [7, 11) is 4.62. The van der Waals surface area contributed by atoms with E-state index in [9.17, 15) is 9.59 Å².